The molecule has 0 aromatic heterocycles. The van der Waals surface area contributed by atoms with E-state index in [0.29, 0.717) is 16.1 Å². The summed E-state index contributed by atoms with van der Waals surface area (Å²) in [5.41, 5.74) is 1.51. The Morgan fingerprint density at radius 1 is 1.11 bits per heavy atom. The normalized spacial score (nSPS) is 11.1. The van der Waals surface area contributed by atoms with Crippen LogP contribution in [0, 0.1) is 11.8 Å². The standard InChI is InChI=1S/C22H21ClO4/c1-3-4-5-6-9-16-12-14-17(15-13-16)21(24)27-20(22(25)26-2)18-10-7-8-11-19(18)23/h7-8,10-15,20H,3-5H2,1-2H3. The third-order valence-corrected chi connectivity index (χ3v) is 4.18. The first kappa shape index (κ1) is 20.5. The van der Waals surface area contributed by atoms with Gasteiger partial charge in [0, 0.05) is 22.6 Å². The zero-order valence-electron chi connectivity index (χ0n) is 15.3. The number of halogens is 1. The number of hydrogen-bond donors (Lipinski definition) is 0. The molecule has 0 saturated carbocycles. The molecule has 0 radical (unpaired) electrons. The quantitative estimate of drug-likeness (QED) is 0.401. The molecule has 0 N–H and O–H groups in total. The summed E-state index contributed by atoms with van der Waals surface area (Å²) in [5, 5.41) is 0.318. The Balaban J connectivity index is 2.14. The molecule has 0 aliphatic heterocycles. The zero-order chi connectivity index (χ0) is 19.6. The Morgan fingerprint density at radius 2 is 1.81 bits per heavy atom. The van der Waals surface area contributed by atoms with E-state index >= 15 is 0 Å². The summed E-state index contributed by atoms with van der Waals surface area (Å²) in [6.45, 7) is 2.12. The van der Waals surface area contributed by atoms with Crippen molar-refractivity contribution in [3.8, 4) is 11.8 Å². The average Bonchev–Trinajstić information content (AvgIpc) is 2.70. The molecule has 0 amide bonds. The largest absolute Gasteiger partial charge is 0.466 e. The Hall–Kier alpha value is -2.77. The second-order valence-electron chi connectivity index (χ2n) is 5.81. The smallest absolute Gasteiger partial charge is 0.352 e. The van der Waals surface area contributed by atoms with E-state index in [9.17, 15) is 9.59 Å². The van der Waals surface area contributed by atoms with Crippen LogP contribution in [0.1, 0.15) is 53.8 Å². The number of esters is 2. The van der Waals surface area contributed by atoms with E-state index in [1.807, 2.05) is 0 Å². The van der Waals surface area contributed by atoms with Gasteiger partial charge in [-0.15, -0.1) is 0 Å². The second kappa shape index (κ2) is 10.4. The van der Waals surface area contributed by atoms with E-state index in [4.69, 9.17) is 21.1 Å². The molecule has 4 nitrogen and oxygen atoms in total. The van der Waals surface area contributed by atoms with Crippen LogP contribution in [-0.2, 0) is 14.3 Å². The Bertz CT molecular complexity index is 847. The van der Waals surface area contributed by atoms with Gasteiger partial charge in [0.2, 0.25) is 6.10 Å². The van der Waals surface area contributed by atoms with Crippen LogP contribution in [0.25, 0.3) is 0 Å². The number of unbranched alkanes of at least 4 members (excludes halogenated alkanes) is 2. The minimum Gasteiger partial charge on any atom is -0.466 e. The van der Waals surface area contributed by atoms with Crippen LogP contribution in [0.4, 0.5) is 0 Å². The highest BCUT2D eigenvalue weighted by Crippen LogP contribution is 2.27. The molecule has 0 aliphatic rings. The van der Waals surface area contributed by atoms with Crippen LogP contribution in [-0.4, -0.2) is 19.0 Å². The first-order valence-corrected chi connectivity index (χ1v) is 9.06. The van der Waals surface area contributed by atoms with E-state index < -0.39 is 18.0 Å². The van der Waals surface area contributed by atoms with E-state index in [0.717, 1.165) is 24.8 Å². The lowest BCUT2D eigenvalue weighted by Crippen LogP contribution is -2.21. The average molecular weight is 385 g/mol. The third kappa shape index (κ3) is 5.87. The van der Waals surface area contributed by atoms with E-state index in [1.165, 1.54) is 7.11 Å². The highest BCUT2D eigenvalue weighted by molar-refractivity contribution is 6.31. The van der Waals surface area contributed by atoms with Gasteiger partial charge in [-0.1, -0.05) is 55.0 Å². The maximum atomic E-state index is 12.5. The van der Waals surface area contributed by atoms with E-state index in [-0.39, 0.29) is 0 Å². The van der Waals surface area contributed by atoms with Crippen molar-refractivity contribution in [2.24, 2.45) is 0 Å². The summed E-state index contributed by atoms with van der Waals surface area (Å²) >= 11 is 6.13. The summed E-state index contributed by atoms with van der Waals surface area (Å²) in [5.74, 6) is 4.80. The first-order valence-electron chi connectivity index (χ1n) is 8.69. The number of methoxy groups -OCH3 is 1. The van der Waals surface area contributed by atoms with Crippen molar-refractivity contribution in [1.29, 1.82) is 0 Å². The summed E-state index contributed by atoms with van der Waals surface area (Å²) in [7, 11) is 1.23. The minimum atomic E-state index is -1.23. The summed E-state index contributed by atoms with van der Waals surface area (Å²) < 4.78 is 10.1. The number of ether oxygens (including phenoxy) is 2. The van der Waals surface area contributed by atoms with Crippen molar-refractivity contribution in [1.82, 2.24) is 0 Å². The lowest BCUT2D eigenvalue weighted by atomic mass is 10.1. The van der Waals surface area contributed by atoms with Gasteiger partial charge in [-0.05, 0) is 36.8 Å². The van der Waals surface area contributed by atoms with Gasteiger partial charge in [-0.2, -0.15) is 0 Å². The molecule has 1 atom stereocenters. The summed E-state index contributed by atoms with van der Waals surface area (Å²) in [6, 6.07) is 13.4. The molecule has 1 unspecified atom stereocenters. The fraction of sp³-hybridized carbons (Fsp3) is 0.273. The predicted molar refractivity (Wildman–Crippen MR) is 104 cm³/mol. The minimum absolute atomic E-state index is 0.315. The van der Waals surface area contributed by atoms with Crippen LogP contribution >= 0.6 is 11.6 Å². The van der Waals surface area contributed by atoms with Gasteiger partial charge in [0.1, 0.15) is 0 Å². The molecule has 0 aliphatic carbocycles. The van der Waals surface area contributed by atoms with E-state index in [1.54, 1.807) is 48.5 Å². The summed E-state index contributed by atoms with van der Waals surface area (Å²) in [4.78, 5) is 24.5. The van der Waals surface area contributed by atoms with Crippen LogP contribution in [0.5, 0.6) is 0 Å². The van der Waals surface area contributed by atoms with Crippen LogP contribution in [0.3, 0.4) is 0 Å². The number of carbonyl (C=O) groups is 2. The van der Waals surface area contributed by atoms with Gasteiger partial charge >= 0.3 is 11.9 Å². The maximum Gasteiger partial charge on any atom is 0.352 e. The second-order valence-corrected chi connectivity index (χ2v) is 6.22. The van der Waals surface area contributed by atoms with Crippen LogP contribution in [0.15, 0.2) is 48.5 Å². The number of benzene rings is 2. The molecule has 5 heteroatoms. The molecule has 0 saturated heterocycles. The molecular formula is C22H21ClO4. The monoisotopic (exact) mass is 384 g/mol. The van der Waals surface area contributed by atoms with Gasteiger partial charge in [0.15, 0.2) is 0 Å². The van der Waals surface area contributed by atoms with Gasteiger partial charge in [0.25, 0.3) is 0 Å². The van der Waals surface area contributed by atoms with Gasteiger partial charge in [0.05, 0.1) is 12.7 Å². The summed E-state index contributed by atoms with van der Waals surface area (Å²) in [6.07, 6.45) is 1.78. The topological polar surface area (TPSA) is 52.6 Å². The van der Waals surface area contributed by atoms with Gasteiger partial charge in [-0.25, -0.2) is 9.59 Å². The van der Waals surface area contributed by atoms with Crippen molar-refractivity contribution in [2.75, 3.05) is 7.11 Å². The van der Waals surface area contributed by atoms with Crippen molar-refractivity contribution < 1.29 is 19.1 Å². The molecule has 27 heavy (non-hydrogen) atoms. The van der Waals surface area contributed by atoms with Gasteiger partial charge in [-0.3, -0.25) is 0 Å². The molecule has 2 aromatic rings. The number of rotatable bonds is 6. The Morgan fingerprint density at radius 3 is 2.44 bits per heavy atom. The number of carbonyl (C=O) groups excluding carboxylic acids is 2. The molecule has 140 valence electrons. The fourth-order valence-corrected chi connectivity index (χ4v) is 2.56. The first-order chi connectivity index (χ1) is 13.1. The predicted octanol–water partition coefficient (Wildman–Crippen LogP) is 4.95. The van der Waals surface area contributed by atoms with Crippen molar-refractivity contribution in [2.45, 2.75) is 32.3 Å². The lowest BCUT2D eigenvalue weighted by Gasteiger charge is -2.17. The van der Waals surface area contributed by atoms with Crippen molar-refractivity contribution in [3.63, 3.8) is 0 Å². The SMILES string of the molecule is CCCCC#Cc1ccc(C(=O)OC(C(=O)OC)c2ccccc2Cl)cc1. The van der Waals surface area contributed by atoms with Gasteiger partial charge < -0.3 is 9.47 Å². The molecule has 0 bridgehead atoms. The van der Waals surface area contributed by atoms with Crippen LogP contribution < -0.4 is 0 Å². The Kier molecular flexibility index (Phi) is 7.91. The molecule has 2 rings (SSSR count). The number of hydrogen-bond acceptors (Lipinski definition) is 4. The lowest BCUT2D eigenvalue weighted by molar-refractivity contribution is -0.151. The molecule has 0 heterocycles. The fourth-order valence-electron chi connectivity index (χ4n) is 2.33. The zero-order valence-corrected chi connectivity index (χ0v) is 16.1. The highest BCUT2D eigenvalue weighted by atomic mass is 35.5. The van der Waals surface area contributed by atoms with Crippen LogP contribution in [0.2, 0.25) is 5.02 Å². The molecular weight excluding hydrogens is 364 g/mol. The molecule has 0 spiro atoms. The third-order valence-electron chi connectivity index (χ3n) is 3.84. The van der Waals surface area contributed by atoms with Crippen molar-refractivity contribution in [3.05, 3.63) is 70.2 Å². The Labute approximate surface area is 164 Å². The van der Waals surface area contributed by atoms with E-state index in [2.05, 4.69) is 18.8 Å². The maximum absolute atomic E-state index is 12.5. The van der Waals surface area contributed by atoms with Crippen molar-refractivity contribution >= 4 is 23.5 Å². The highest BCUT2D eigenvalue weighted by Gasteiger charge is 2.28. The molecule has 0 fully saturated rings. The molecule has 2 aromatic carbocycles.